The van der Waals surface area contributed by atoms with Crippen molar-refractivity contribution in [1.29, 1.82) is 0 Å². The van der Waals surface area contributed by atoms with Crippen molar-refractivity contribution in [3.05, 3.63) is 29.6 Å². The molecule has 0 amide bonds. The van der Waals surface area contributed by atoms with Gasteiger partial charge in [0.15, 0.2) is 0 Å². The van der Waals surface area contributed by atoms with Crippen LogP contribution in [-0.4, -0.2) is 59.1 Å². The molecular formula is C19H22N4O3SSe. The fraction of sp³-hybridized carbons (Fsp3) is 0.368. The molecule has 0 saturated carbocycles. The molecule has 0 radical (unpaired) electrons. The Kier molecular flexibility index (Phi) is 5.09. The SMILES string of the molecule is CN1CCC[C@@H](Nc2nnc(-c3ccc([Se](C)(=O)=O)cc3O)c3ccsc23)C1. The first-order chi connectivity index (χ1) is 13.3. The molecule has 3 heterocycles. The van der Waals surface area contributed by atoms with E-state index < -0.39 is 12.7 Å². The number of anilines is 1. The van der Waals surface area contributed by atoms with Crippen molar-refractivity contribution in [2.45, 2.75) is 24.7 Å². The molecule has 7 nitrogen and oxygen atoms in total. The number of nitrogens with one attached hydrogen (secondary N) is 1. The summed E-state index contributed by atoms with van der Waals surface area (Å²) in [5.41, 5.74) is 1.03. The van der Waals surface area contributed by atoms with Gasteiger partial charge >= 0.3 is 156 Å². The van der Waals surface area contributed by atoms with Gasteiger partial charge in [0.2, 0.25) is 0 Å². The van der Waals surface area contributed by atoms with Gasteiger partial charge < -0.3 is 0 Å². The van der Waals surface area contributed by atoms with E-state index in [2.05, 4.69) is 27.5 Å². The number of hydrogen-bond donors (Lipinski definition) is 2. The molecular weight excluding hydrogens is 443 g/mol. The van der Waals surface area contributed by atoms with Gasteiger partial charge in [-0.25, -0.2) is 0 Å². The predicted molar refractivity (Wildman–Crippen MR) is 111 cm³/mol. The Bertz CT molecular complexity index is 1130. The molecule has 1 aromatic carbocycles. The fourth-order valence-corrected chi connectivity index (χ4v) is 5.78. The van der Waals surface area contributed by atoms with Crippen LogP contribution in [0.5, 0.6) is 5.75 Å². The standard InChI is InChI=1S/C19H22N4O3SSe/c1-23-8-3-4-12(11-23)20-19-18-15(7-9-27-18)17(21-22-19)14-6-5-13(10-16(14)24)28(2,25)26/h5-7,9-10,12,24H,3-4,8,11H2,1-2H3,(H,20,22)/t12-/m1/s1. The summed E-state index contributed by atoms with van der Waals surface area (Å²) in [6.45, 7) is 2.08. The van der Waals surface area contributed by atoms with Crippen molar-refractivity contribution in [2.24, 2.45) is 0 Å². The molecule has 0 spiro atoms. The van der Waals surface area contributed by atoms with E-state index in [-0.39, 0.29) is 10.2 Å². The van der Waals surface area contributed by atoms with Crippen LogP contribution < -0.4 is 9.78 Å². The molecule has 3 aromatic rings. The Labute approximate surface area is 169 Å². The normalized spacial score (nSPS) is 18.4. The summed E-state index contributed by atoms with van der Waals surface area (Å²) < 4.78 is 24.7. The number of thiophene rings is 1. The summed E-state index contributed by atoms with van der Waals surface area (Å²) >= 11 is -2.59. The number of benzene rings is 1. The molecule has 0 aliphatic carbocycles. The Morgan fingerprint density at radius 3 is 2.82 bits per heavy atom. The predicted octanol–water partition coefficient (Wildman–Crippen LogP) is 2.71. The Morgan fingerprint density at radius 2 is 2.11 bits per heavy atom. The number of likely N-dealkylation sites (tertiary alicyclic amines) is 1. The van der Waals surface area contributed by atoms with Crippen molar-refractivity contribution >= 4 is 44.4 Å². The summed E-state index contributed by atoms with van der Waals surface area (Å²) in [6.07, 6.45) is 2.24. The van der Waals surface area contributed by atoms with E-state index in [1.807, 2.05) is 11.4 Å². The molecule has 1 aliphatic heterocycles. The molecule has 28 heavy (non-hydrogen) atoms. The van der Waals surface area contributed by atoms with Crippen LogP contribution in [0.25, 0.3) is 21.3 Å². The average Bonchev–Trinajstić information content (AvgIpc) is 3.12. The van der Waals surface area contributed by atoms with Crippen LogP contribution >= 0.6 is 11.3 Å². The number of nitrogens with zero attached hydrogens (tertiary/aromatic N) is 3. The van der Waals surface area contributed by atoms with Gasteiger partial charge in [-0.15, -0.1) is 0 Å². The first-order valence-electron chi connectivity index (χ1n) is 9.05. The minimum atomic E-state index is -4.16. The van der Waals surface area contributed by atoms with Crippen LogP contribution in [0.4, 0.5) is 5.82 Å². The quantitative estimate of drug-likeness (QED) is 0.572. The molecule has 4 rings (SSSR count). The zero-order valence-electron chi connectivity index (χ0n) is 15.7. The zero-order valence-corrected chi connectivity index (χ0v) is 18.2. The monoisotopic (exact) mass is 466 g/mol. The van der Waals surface area contributed by atoms with E-state index in [1.165, 1.54) is 18.0 Å². The maximum absolute atomic E-state index is 11.8. The van der Waals surface area contributed by atoms with Gasteiger partial charge in [-0.1, -0.05) is 0 Å². The summed E-state index contributed by atoms with van der Waals surface area (Å²) in [6, 6.07) is 6.68. The van der Waals surface area contributed by atoms with Gasteiger partial charge in [0.05, 0.1) is 0 Å². The summed E-state index contributed by atoms with van der Waals surface area (Å²) in [5.74, 6) is 1.83. The van der Waals surface area contributed by atoms with Crippen molar-refractivity contribution < 1.29 is 12.8 Å². The van der Waals surface area contributed by atoms with E-state index in [4.69, 9.17) is 0 Å². The number of piperidine rings is 1. The van der Waals surface area contributed by atoms with E-state index >= 15 is 0 Å². The van der Waals surface area contributed by atoms with Crippen LogP contribution in [0, 0.1) is 0 Å². The molecule has 2 N–H and O–H groups in total. The van der Waals surface area contributed by atoms with Gasteiger partial charge in [0.1, 0.15) is 0 Å². The Balaban J connectivity index is 1.71. The molecule has 0 unspecified atom stereocenters. The van der Waals surface area contributed by atoms with Crippen molar-refractivity contribution in [3.63, 3.8) is 0 Å². The van der Waals surface area contributed by atoms with Crippen molar-refractivity contribution in [3.8, 4) is 17.0 Å². The van der Waals surface area contributed by atoms with Gasteiger partial charge in [-0.2, -0.15) is 0 Å². The number of rotatable bonds is 4. The molecule has 1 fully saturated rings. The second-order valence-corrected chi connectivity index (χ2v) is 12.4. The summed E-state index contributed by atoms with van der Waals surface area (Å²) in [7, 11) is 2.12. The number of phenols is 1. The summed E-state index contributed by atoms with van der Waals surface area (Å²) in [5, 5.41) is 25.6. The molecule has 1 saturated heterocycles. The van der Waals surface area contributed by atoms with Crippen LogP contribution in [-0.2, 0) is 7.67 Å². The van der Waals surface area contributed by atoms with Crippen LogP contribution in [0.3, 0.4) is 0 Å². The van der Waals surface area contributed by atoms with Gasteiger partial charge in [-0.05, 0) is 13.6 Å². The van der Waals surface area contributed by atoms with Gasteiger partial charge in [0.25, 0.3) is 0 Å². The summed E-state index contributed by atoms with van der Waals surface area (Å²) in [4.78, 5) is 2.30. The van der Waals surface area contributed by atoms with E-state index in [0.29, 0.717) is 17.3 Å². The van der Waals surface area contributed by atoms with Crippen molar-refractivity contribution in [1.82, 2.24) is 15.1 Å². The van der Waals surface area contributed by atoms with E-state index in [9.17, 15) is 12.8 Å². The maximum atomic E-state index is 11.8. The third kappa shape index (κ3) is 3.75. The average molecular weight is 465 g/mol. The molecule has 2 aromatic heterocycles. The third-order valence-corrected chi connectivity index (χ3v) is 8.25. The molecule has 1 atom stereocenters. The van der Waals surface area contributed by atoms with Gasteiger partial charge in [0, 0.05) is 0 Å². The van der Waals surface area contributed by atoms with E-state index in [0.717, 1.165) is 41.8 Å². The number of aromatic hydroxyl groups is 1. The topological polar surface area (TPSA) is 95.4 Å². The second kappa shape index (κ2) is 7.40. The molecule has 148 valence electrons. The van der Waals surface area contributed by atoms with Crippen molar-refractivity contribution in [2.75, 3.05) is 25.5 Å². The molecule has 0 bridgehead atoms. The number of fused-ring (bicyclic) bond motifs is 1. The second-order valence-electron chi connectivity index (χ2n) is 7.26. The first-order valence-corrected chi connectivity index (χ1v) is 13.9. The molecule has 9 heteroatoms. The van der Waals surface area contributed by atoms with Gasteiger partial charge in [-0.3, -0.25) is 0 Å². The fourth-order valence-electron chi connectivity index (χ4n) is 3.59. The number of likely N-dealkylation sites (N-methyl/N-ethyl adjacent to an activating group) is 1. The number of hydrogen-bond acceptors (Lipinski definition) is 8. The minimum absolute atomic E-state index is 0.107. The van der Waals surface area contributed by atoms with Crippen LogP contribution in [0.1, 0.15) is 12.8 Å². The third-order valence-electron chi connectivity index (χ3n) is 5.00. The Morgan fingerprint density at radius 1 is 1.29 bits per heavy atom. The van der Waals surface area contributed by atoms with E-state index in [1.54, 1.807) is 17.4 Å². The number of phenolic OH excluding ortho intramolecular Hbond substituents is 1. The Hall–Kier alpha value is -2.06. The number of aromatic nitrogens is 2. The zero-order chi connectivity index (χ0) is 19.9. The van der Waals surface area contributed by atoms with Crippen LogP contribution in [0.15, 0.2) is 29.6 Å². The van der Waals surface area contributed by atoms with Crippen LogP contribution in [0.2, 0.25) is 5.82 Å². The molecule has 1 aliphatic rings. The first kappa shape index (κ1) is 19.3.